The highest BCUT2D eigenvalue weighted by molar-refractivity contribution is 5.78. The maximum atomic E-state index is 3.12. The van der Waals surface area contributed by atoms with Crippen LogP contribution in [0.2, 0.25) is 0 Å². The van der Waals surface area contributed by atoms with E-state index >= 15 is 0 Å². The van der Waals surface area contributed by atoms with Gasteiger partial charge in [0.25, 0.3) is 0 Å². The third kappa shape index (κ3) is 9.68. The highest BCUT2D eigenvalue weighted by atomic mass is 14.6. The minimum absolute atomic E-state index is 0.833. The lowest BCUT2D eigenvalue weighted by Crippen LogP contribution is -1.66. The summed E-state index contributed by atoms with van der Waals surface area (Å²) in [5.74, 6) is 0.833. The minimum Gasteiger partial charge on any atom is -0.361 e. The van der Waals surface area contributed by atoms with Crippen molar-refractivity contribution in [3.8, 4) is 0 Å². The Bertz CT molecular complexity index is 314. The van der Waals surface area contributed by atoms with Gasteiger partial charge in [0, 0.05) is 11.7 Å². The number of hydrogen-bond acceptors (Lipinski definition) is 0. The number of aromatic nitrogens is 1. The Kier molecular flexibility index (Phi) is 13.7. The second-order valence-corrected chi connectivity index (χ2v) is 3.80. The minimum atomic E-state index is 0.833. The largest absolute Gasteiger partial charge is 0.361 e. The lowest BCUT2D eigenvalue weighted by Gasteiger charge is -1.83. The zero-order valence-electron chi connectivity index (χ0n) is 12.5. The molecule has 0 fully saturated rings. The first-order valence-electron chi connectivity index (χ1n) is 6.72. The summed E-state index contributed by atoms with van der Waals surface area (Å²) in [5, 5.41) is 1.28. The molecule has 0 aliphatic carbocycles. The molecule has 0 saturated carbocycles. The summed E-state index contributed by atoms with van der Waals surface area (Å²) in [7, 11) is 0. The fourth-order valence-electron chi connectivity index (χ4n) is 0.995. The summed E-state index contributed by atoms with van der Waals surface area (Å²) in [4.78, 5) is 3.12. The molecule has 0 aliphatic heterocycles. The molecule has 1 aromatic heterocycles. The zero-order chi connectivity index (χ0) is 13.7. The van der Waals surface area contributed by atoms with Gasteiger partial charge in [-0.2, -0.15) is 0 Å². The third-order valence-corrected chi connectivity index (χ3v) is 1.46. The number of benzene rings is 1. The van der Waals surface area contributed by atoms with Crippen LogP contribution in [0.4, 0.5) is 0 Å². The molecule has 17 heavy (non-hydrogen) atoms. The maximum Gasteiger partial charge on any atom is 0.0453 e. The molecular formula is C16H29N. The molecule has 0 saturated heterocycles. The topological polar surface area (TPSA) is 15.8 Å². The average molecular weight is 235 g/mol. The van der Waals surface area contributed by atoms with Crippen molar-refractivity contribution in [1.82, 2.24) is 4.98 Å². The van der Waals surface area contributed by atoms with E-state index in [2.05, 4.69) is 44.0 Å². The predicted molar refractivity (Wildman–Crippen MR) is 81.5 cm³/mol. The molecule has 2 rings (SSSR count). The number of hydrogen-bond donors (Lipinski definition) is 1. The van der Waals surface area contributed by atoms with Gasteiger partial charge in [-0.25, -0.2) is 0 Å². The second kappa shape index (κ2) is 12.8. The van der Waals surface area contributed by atoms with E-state index in [1.54, 1.807) is 0 Å². The fourth-order valence-corrected chi connectivity index (χ4v) is 0.995. The number of H-pyrrole nitrogens is 1. The summed E-state index contributed by atoms with van der Waals surface area (Å²) < 4.78 is 0. The van der Waals surface area contributed by atoms with Crippen molar-refractivity contribution in [2.24, 2.45) is 5.92 Å². The van der Waals surface area contributed by atoms with Crippen LogP contribution >= 0.6 is 0 Å². The quantitative estimate of drug-likeness (QED) is 0.586. The molecule has 0 radical (unpaired) electrons. The van der Waals surface area contributed by atoms with E-state index in [1.807, 2.05) is 46.0 Å². The first-order chi connectivity index (χ1) is 8.20. The van der Waals surface area contributed by atoms with Crippen LogP contribution in [0, 0.1) is 5.92 Å². The van der Waals surface area contributed by atoms with Crippen molar-refractivity contribution in [2.45, 2.75) is 48.5 Å². The summed E-state index contributed by atoms with van der Waals surface area (Å²) in [6, 6.07) is 10.3. The van der Waals surface area contributed by atoms with Gasteiger partial charge in [0.2, 0.25) is 0 Å². The van der Waals surface area contributed by atoms with Crippen LogP contribution < -0.4 is 0 Å². The van der Waals surface area contributed by atoms with E-state index in [9.17, 15) is 0 Å². The van der Waals surface area contributed by atoms with Gasteiger partial charge in [0.15, 0.2) is 0 Å². The maximum absolute atomic E-state index is 3.12. The molecular weight excluding hydrogens is 206 g/mol. The smallest absolute Gasteiger partial charge is 0.0453 e. The Balaban J connectivity index is 0. The highest BCUT2D eigenvalue weighted by Gasteiger charge is 1.86. The number of aromatic amines is 1. The molecule has 2 aromatic rings. The van der Waals surface area contributed by atoms with Gasteiger partial charge in [-0.05, 0) is 23.4 Å². The Morgan fingerprint density at radius 3 is 1.76 bits per heavy atom. The van der Waals surface area contributed by atoms with Gasteiger partial charge < -0.3 is 4.98 Å². The first-order valence-corrected chi connectivity index (χ1v) is 6.72. The molecule has 0 aliphatic rings. The first kappa shape index (κ1) is 18.1. The van der Waals surface area contributed by atoms with Crippen LogP contribution in [-0.4, -0.2) is 4.98 Å². The van der Waals surface area contributed by atoms with Gasteiger partial charge in [-0.3, -0.25) is 0 Å². The van der Waals surface area contributed by atoms with Crippen molar-refractivity contribution in [2.75, 3.05) is 0 Å². The molecule has 0 amide bonds. The molecule has 0 unspecified atom stereocenters. The number of nitrogens with one attached hydrogen (secondary N) is 1. The van der Waals surface area contributed by atoms with Crippen LogP contribution in [0.15, 0.2) is 36.5 Å². The lowest BCUT2D eigenvalue weighted by atomic mass is 10.3. The second-order valence-electron chi connectivity index (χ2n) is 3.80. The molecule has 1 nitrogen and oxygen atoms in total. The van der Waals surface area contributed by atoms with E-state index in [0.717, 1.165) is 5.92 Å². The molecule has 1 aromatic carbocycles. The summed E-state index contributed by atoms with van der Waals surface area (Å²) in [6.45, 7) is 14.5. The highest BCUT2D eigenvalue weighted by Crippen LogP contribution is 2.09. The van der Waals surface area contributed by atoms with E-state index in [1.165, 1.54) is 10.9 Å². The van der Waals surface area contributed by atoms with Crippen molar-refractivity contribution < 1.29 is 0 Å². The van der Waals surface area contributed by atoms with E-state index < -0.39 is 0 Å². The van der Waals surface area contributed by atoms with Gasteiger partial charge >= 0.3 is 0 Å². The fraction of sp³-hybridized carbons (Fsp3) is 0.500. The van der Waals surface area contributed by atoms with E-state index in [0.29, 0.717) is 0 Å². The molecule has 0 atom stereocenters. The van der Waals surface area contributed by atoms with Crippen LogP contribution in [0.3, 0.4) is 0 Å². The standard InChI is InChI=1S/C8H7N.C4H10.2C2H6/c1-2-4-8-7(3-1)5-6-9-8;1-4(2)3;2*1-2/h1-6,9H;4H,1-3H3;2*1-2H3. The summed E-state index contributed by atoms with van der Waals surface area (Å²) >= 11 is 0. The third-order valence-electron chi connectivity index (χ3n) is 1.46. The predicted octanol–water partition coefficient (Wildman–Crippen LogP) is 5.88. The SMILES string of the molecule is CC.CC.CC(C)C.c1ccc2[nH]ccc2c1. The van der Waals surface area contributed by atoms with Crippen molar-refractivity contribution >= 4 is 10.9 Å². The Morgan fingerprint density at radius 1 is 0.824 bits per heavy atom. The molecule has 0 spiro atoms. The van der Waals surface area contributed by atoms with Crippen LogP contribution in [0.25, 0.3) is 10.9 Å². The Hall–Kier alpha value is -1.24. The molecule has 1 heterocycles. The van der Waals surface area contributed by atoms with Crippen LogP contribution in [-0.2, 0) is 0 Å². The monoisotopic (exact) mass is 235 g/mol. The Morgan fingerprint density at radius 2 is 1.29 bits per heavy atom. The van der Waals surface area contributed by atoms with Gasteiger partial charge in [-0.15, -0.1) is 0 Å². The van der Waals surface area contributed by atoms with Crippen LogP contribution in [0.5, 0.6) is 0 Å². The number of fused-ring (bicyclic) bond motifs is 1. The normalized spacial score (nSPS) is 8.24. The zero-order valence-corrected chi connectivity index (χ0v) is 12.5. The van der Waals surface area contributed by atoms with Crippen LogP contribution in [0.1, 0.15) is 48.5 Å². The summed E-state index contributed by atoms with van der Waals surface area (Å²) in [5.41, 5.74) is 1.21. The molecule has 98 valence electrons. The molecule has 1 heteroatoms. The number of rotatable bonds is 0. The van der Waals surface area contributed by atoms with Crippen molar-refractivity contribution in [1.29, 1.82) is 0 Å². The number of para-hydroxylation sites is 1. The lowest BCUT2D eigenvalue weighted by molar-refractivity contribution is 0.737. The van der Waals surface area contributed by atoms with Gasteiger partial charge in [0.05, 0.1) is 0 Å². The van der Waals surface area contributed by atoms with Gasteiger partial charge in [-0.1, -0.05) is 66.7 Å². The average Bonchev–Trinajstić information content (AvgIpc) is 2.81. The van der Waals surface area contributed by atoms with Gasteiger partial charge in [0.1, 0.15) is 0 Å². The molecule has 0 bridgehead atoms. The summed E-state index contributed by atoms with van der Waals surface area (Å²) in [6.07, 6.45) is 1.95. The molecule has 1 N–H and O–H groups in total. The Labute approximate surface area is 107 Å². The van der Waals surface area contributed by atoms with E-state index in [4.69, 9.17) is 0 Å². The van der Waals surface area contributed by atoms with E-state index in [-0.39, 0.29) is 0 Å². The van der Waals surface area contributed by atoms with Crippen molar-refractivity contribution in [3.63, 3.8) is 0 Å². The van der Waals surface area contributed by atoms with Crippen molar-refractivity contribution in [3.05, 3.63) is 36.5 Å².